The molecule has 12 heavy (non-hydrogen) atoms. The second-order valence-electron chi connectivity index (χ2n) is 2.15. The van der Waals surface area contributed by atoms with Crippen molar-refractivity contribution in [2.45, 2.75) is 0 Å². The molecule has 0 unspecified atom stereocenters. The van der Waals surface area contributed by atoms with Crippen LogP contribution in [0.5, 0.6) is 0 Å². The topological polar surface area (TPSA) is 89.3 Å². The third-order valence-electron chi connectivity index (χ3n) is 1.33. The molecule has 0 radical (unpaired) electrons. The van der Waals surface area contributed by atoms with E-state index >= 15 is 0 Å². The number of aromatic carboxylic acids is 1. The molecule has 5 N–H and O–H groups in total. The number of carboxylic acid groups (broad SMARTS) is 1. The molecule has 0 saturated carbocycles. The molecule has 1 aromatic rings. The molecule has 1 rings (SSSR count). The van der Waals surface area contributed by atoms with Gasteiger partial charge in [-0.3, -0.25) is 0 Å². The molecule has 0 heterocycles. The predicted molar refractivity (Wildman–Crippen MR) is 49.4 cm³/mol. The fourth-order valence-corrected chi connectivity index (χ4v) is 0.708. The zero-order valence-electron chi connectivity index (χ0n) is 5.74. The van der Waals surface area contributed by atoms with Crippen LogP contribution in [0.2, 0.25) is 0 Å². The van der Waals surface area contributed by atoms with Gasteiger partial charge in [-0.2, -0.15) is 0 Å². The Labute approximate surface area is 112 Å². The number of anilines is 2. The SMILES string of the molecule is Nc1ccc(C(=O)O)cc1N.[KH]. The second kappa shape index (κ2) is 4.83. The van der Waals surface area contributed by atoms with Crippen molar-refractivity contribution in [2.24, 2.45) is 0 Å². The third kappa shape index (κ3) is 2.76. The van der Waals surface area contributed by atoms with Crippen molar-refractivity contribution in [2.75, 3.05) is 11.5 Å². The number of nitrogens with two attached hydrogens (primary N) is 2. The monoisotopic (exact) mass is 192 g/mol. The molecule has 0 bridgehead atoms. The van der Waals surface area contributed by atoms with Gasteiger partial charge in [-0.15, -0.1) is 0 Å². The summed E-state index contributed by atoms with van der Waals surface area (Å²) < 4.78 is 0. The molecule has 0 aliphatic heterocycles. The molecule has 0 atom stereocenters. The van der Waals surface area contributed by atoms with Gasteiger partial charge in [-0.05, 0) is 18.2 Å². The molecule has 60 valence electrons. The normalized spacial score (nSPS) is 8.67. The first-order valence-electron chi connectivity index (χ1n) is 2.99. The average Bonchev–Trinajstić information content (AvgIpc) is 1.94. The first kappa shape index (κ1) is 11.9. The van der Waals surface area contributed by atoms with Crippen LogP contribution in [0.25, 0.3) is 0 Å². The van der Waals surface area contributed by atoms with E-state index in [1.54, 1.807) is 0 Å². The van der Waals surface area contributed by atoms with Gasteiger partial charge in [-0.25, -0.2) is 4.79 Å². The summed E-state index contributed by atoms with van der Waals surface area (Å²) in [5.74, 6) is -1.00. The minimum atomic E-state index is -1.00. The van der Waals surface area contributed by atoms with Gasteiger partial charge in [0.15, 0.2) is 0 Å². The van der Waals surface area contributed by atoms with Crippen molar-refractivity contribution in [1.29, 1.82) is 0 Å². The van der Waals surface area contributed by atoms with Crippen LogP contribution in [-0.2, 0) is 0 Å². The predicted octanol–water partition coefficient (Wildman–Crippen LogP) is -0.0993. The first-order valence-corrected chi connectivity index (χ1v) is 2.99. The van der Waals surface area contributed by atoms with Crippen LogP contribution in [0.1, 0.15) is 10.4 Å². The van der Waals surface area contributed by atoms with E-state index in [2.05, 4.69) is 0 Å². The van der Waals surface area contributed by atoms with E-state index in [0.29, 0.717) is 11.4 Å². The average molecular weight is 192 g/mol. The molecule has 0 fully saturated rings. The zero-order chi connectivity index (χ0) is 8.43. The summed E-state index contributed by atoms with van der Waals surface area (Å²) in [7, 11) is 0. The molecular weight excluding hydrogens is 183 g/mol. The summed E-state index contributed by atoms with van der Waals surface area (Å²) >= 11 is 0. The van der Waals surface area contributed by atoms with Gasteiger partial charge in [-0.1, -0.05) is 0 Å². The Hall–Kier alpha value is -0.0736. The minimum absolute atomic E-state index is 0. The fourth-order valence-electron chi connectivity index (χ4n) is 0.708. The van der Waals surface area contributed by atoms with Gasteiger partial charge < -0.3 is 16.6 Å². The maximum absolute atomic E-state index is 10.4. The summed E-state index contributed by atoms with van der Waals surface area (Å²) in [5.41, 5.74) is 11.6. The Bertz CT molecular complexity index is 301. The van der Waals surface area contributed by atoms with E-state index in [0.717, 1.165) is 0 Å². The molecule has 4 nitrogen and oxygen atoms in total. The molecule has 0 saturated heterocycles. The van der Waals surface area contributed by atoms with Gasteiger partial charge >= 0.3 is 57.4 Å². The van der Waals surface area contributed by atoms with Crippen molar-refractivity contribution < 1.29 is 9.90 Å². The molecular formula is C7H9KN2O2. The quantitative estimate of drug-likeness (QED) is 0.428. The van der Waals surface area contributed by atoms with Crippen LogP contribution in [0.3, 0.4) is 0 Å². The van der Waals surface area contributed by atoms with Gasteiger partial charge in [0.05, 0.1) is 16.9 Å². The molecule has 0 amide bonds. The molecule has 1 aromatic carbocycles. The van der Waals surface area contributed by atoms with Crippen LogP contribution in [0.15, 0.2) is 18.2 Å². The Morgan fingerprint density at radius 1 is 1.25 bits per heavy atom. The number of hydrogen-bond donors (Lipinski definition) is 3. The van der Waals surface area contributed by atoms with E-state index in [-0.39, 0.29) is 56.9 Å². The Morgan fingerprint density at radius 2 is 1.83 bits per heavy atom. The zero-order valence-corrected chi connectivity index (χ0v) is 5.74. The summed E-state index contributed by atoms with van der Waals surface area (Å²) in [6.07, 6.45) is 0. The van der Waals surface area contributed by atoms with Gasteiger partial charge in [0.2, 0.25) is 0 Å². The number of rotatable bonds is 1. The number of nitrogen functional groups attached to an aromatic ring is 2. The van der Waals surface area contributed by atoms with Crippen molar-refractivity contribution in [3.8, 4) is 0 Å². The van der Waals surface area contributed by atoms with Crippen molar-refractivity contribution in [3.05, 3.63) is 23.8 Å². The van der Waals surface area contributed by atoms with E-state index in [9.17, 15) is 4.79 Å². The summed E-state index contributed by atoms with van der Waals surface area (Å²) in [6, 6.07) is 4.21. The van der Waals surface area contributed by atoms with Crippen molar-refractivity contribution >= 4 is 68.7 Å². The molecule has 0 aliphatic rings. The van der Waals surface area contributed by atoms with Crippen LogP contribution in [-0.4, -0.2) is 62.5 Å². The van der Waals surface area contributed by atoms with Gasteiger partial charge in [0.25, 0.3) is 0 Å². The molecule has 5 heteroatoms. The van der Waals surface area contributed by atoms with Crippen molar-refractivity contribution in [1.82, 2.24) is 0 Å². The fraction of sp³-hybridized carbons (Fsp3) is 0. The van der Waals surface area contributed by atoms with Crippen LogP contribution >= 0.6 is 0 Å². The molecule has 0 spiro atoms. The number of carboxylic acids is 1. The van der Waals surface area contributed by atoms with Gasteiger partial charge in [0.1, 0.15) is 0 Å². The van der Waals surface area contributed by atoms with E-state index < -0.39 is 5.97 Å². The maximum atomic E-state index is 10.4. The third-order valence-corrected chi connectivity index (χ3v) is 1.33. The Balaban J connectivity index is 0.00000121. The number of carbonyl (C=O) groups is 1. The van der Waals surface area contributed by atoms with Crippen LogP contribution in [0, 0.1) is 0 Å². The van der Waals surface area contributed by atoms with E-state index in [1.165, 1.54) is 18.2 Å². The number of hydrogen-bond acceptors (Lipinski definition) is 3. The first-order chi connectivity index (χ1) is 5.11. The molecule has 0 aromatic heterocycles. The summed E-state index contributed by atoms with van der Waals surface area (Å²) in [5, 5.41) is 8.50. The molecule has 0 aliphatic carbocycles. The Morgan fingerprint density at radius 3 is 2.25 bits per heavy atom. The van der Waals surface area contributed by atoms with Crippen molar-refractivity contribution in [3.63, 3.8) is 0 Å². The summed E-state index contributed by atoms with van der Waals surface area (Å²) in [6.45, 7) is 0. The Kier molecular flexibility index (Phi) is 4.80. The number of benzene rings is 1. The second-order valence-corrected chi connectivity index (χ2v) is 2.15. The van der Waals surface area contributed by atoms with Crippen LogP contribution < -0.4 is 11.5 Å². The van der Waals surface area contributed by atoms with E-state index in [4.69, 9.17) is 16.6 Å². The van der Waals surface area contributed by atoms with Crippen LogP contribution in [0.4, 0.5) is 11.4 Å². The standard InChI is InChI=1S/C7H8N2O2.K.H/c8-5-2-1-4(7(10)11)3-6(5)9;;/h1-3H,8-9H2,(H,10,11);;. The van der Waals surface area contributed by atoms with E-state index in [1.807, 2.05) is 0 Å². The summed E-state index contributed by atoms with van der Waals surface area (Å²) in [4.78, 5) is 10.4. The van der Waals surface area contributed by atoms with Gasteiger partial charge in [0, 0.05) is 0 Å².